The van der Waals surface area contributed by atoms with Crippen molar-refractivity contribution >= 4 is 11.6 Å². The van der Waals surface area contributed by atoms with Gasteiger partial charge in [0.2, 0.25) is 0 Å². The fourth-order valence-corrected chi connectivity index (χ4v) is 2.44. The average molecular weight is 281 g/mol. The van der Waals surface area contributed by atoms with Crippen LogP contribution >= 0.6 is 0 Å². The molecule has 20 heavy (non-hydrogen) atoms. The molecule has 110 valence electrons. The highest BCUT2D eigenvalue weighted by Gasteiger charge is 2.32. The third kappa shape index (κ3) is 3.36. The highest BCUT2D eigenvalue weighted by molar-refractivity contribution is 5.93. The number of aliphatic hydroxyl groups is 1. The molecule has 1 amide bonds. The summed E-state index contributed by atoms with van der Waals surface area (Å²) in [6, 6.07) is 1.18. The molecule has 0 aliphatic heterocycles. The first-order valence-electron chi connectivity index (χ1n) is 6.73. The van der Waals surface area contributed by atoms with Gasteiger partial charge in [-0.3, -0.25) is 14.9 Å². The van der Waals surface area contributed by atoms with Gasteiger partial charge in [0.15, 0.2) is 0 Å². The zero-order valence-corrected chi connectivity index (χ0v) is 11.4. The van der Waals surface area contributed by atoms with E-state index in [1.54, 1.807) is 0 Å². The van der Waals surface area contributed by atoms with Crippen molar-refractivity contribution in [3.8, 4) is 0 Å². The third-order valence-corrected chi connectivity index (χ3v) is 3.91. The second-order valence-corrected chi connectivity index (χ2v) is 5.62. The topological polar surface area (TPSA) is 108 Å². The number of hydrogen-bond acceptors (Lipinski definition) is 4. The molecule has 1 fully saturated rings. The number of nitrogens with one attached hydrogen (secondary N) is 2. The highest BCUT2D eigenvalue weighted by Crippen LogP contribution is 2.31. The van der Waals surface area contributed by atoms with Gasteiger partial charge >= 0.3 is 0 Å². The van der Waals surface area contributed by atoms with Crippen LogP contribution in [-0.4, -0.2) is 33.1 Å². The second kappa shape index (κ2) is 5.62. The maximum Gasteiger partial charge on any atom is 0.287 e. The standard InChI is InChI=1S/C13H19N3O4/c1-9-2-4-13(18,5-3-9)8-15-12(17)11-6-10(7-14-11)16(19)20/h6-7,9,14,18H,2-5,8H2,1H3,(H,15,17). The zero-order chi connectivity index (χ0) is 14.8. The lowest BCUT2D eigenvalue weighted by Gasteiger charge is -2.34. The number of amides is 1. The summed E-state index contributed by atoms with van der Waals surface area (Å²) < 4.78 is 0. The molecule has 1 aliphatic carbocycles. The van der Waals surface area contributed by atoms with E-state index in [9.17, 15) is 20.0 Å². The van der Waals surface area contributed by atoms with Crippen molar-refractivity contribution < 1.29 is 14.8 Å². The summed E-state index contributed by atoms with van der Waals surface area (Å²) >= 11 is 0. The lowest BCUT2D eigenvalue weighted by atomic mass is 9.79. The third-order valence-electron chi connectivity index (χ3n) is 3.91. The molecule has 0 spiro atoms. The Bertz CT molecular complexity index is 503. The van der Waals surface area contributed by atoms with Crippen molar-refractivity contribution in [2.75, 3.05) is 6.54 Å². The van der Waals surface area contributed by atoms with Crippen LogP contribution < -0.4 is 5.32 Å². The van der Waals surface area contributed by atoms with E-state index in [0.29, 0.717) is 18.8 Å². The number of nitrogens with zero attached hydrogens (tertiary/aromatic N) is 1. The zero-order valence-electron chi connectivity index (χ0n) is 11.4. The van der Waals surface area contributed by atoms with Gasteiger partial charge in [0, 0.05) is 12.6 Å². The Balaban J connectivity index is 1.89. The van der Waals surface area contributed by atoms with Crippen molar-refractivity contribution in [3.05, 3.63) is 28.1 Å². The van der Waals surface area contributed by atoms with Crippen molar-refractivity contribution in [2.24, 2.45) is 5.92 Å². The largest absolute Gasteiger partial charge is 0.388 e. The van der Waals surface area contributed by atoms with Gasteiger partial charge in [-0.15, -0.1) is 0 Å². The molecular weight excluding hydrogens is 262 g/mol. The van der Waals surface area contributed by atoms with Gasteiger partial charge in [-0.05, 0) is 31.6 Å². The molecule has 7 heteroatoms. The van der Waals surface area contributed by atoms with Gasteiger partial charge in [-0.1, -0.05) is 6.92 Å². The predicted molar refractivity (Wildman–Crippen MR) is 72.4 cm³/mol. The first kappa shape index (κ1) is 14.5. The van der Waals surface area contributed by atoms with Gasteiger partial charge in [0.1, 0.15) is 5.69 Å². The molecule has 1 aromatic rings. The molecule has 0 bridgehead atoms. The minimum atomic E-state index is -0.860. The Morgan fingerprint density at radius 3 is 2.80 bits per heavy atom. The molecule has 1 heterocycles. The Kier molecular flexibility index (Phi) is 4.08. The summed E-state index contributed by atoms with van der Waals surface area (Å²) in [6.45, 7) is 2.32. The van der Waals surface area contributed by atoms with Crippen LogP contribution in [-0.2, 0) is 0 Å². The predicted octanol–water partition coefficient (Wildman–Crippen LogP) is 1.59. The number of H-pyrrole nitrogens is 1. The fourth-order valence-electron chi connectivity index (χ4n) is 2.44. The lowest BCUT2D eigenvalue weighted by Crippen LogP contribution is -2.45. The van der Waals surface area contributed by atoms with E-state index in [-0.39, 0.29) is 17.9 Å². The number of carbonyl (C=O) groups is 1. The van der Waals surface area contributed by atoms with E-state index < -0.39 is 16.4 Å². The number of rotatable bonds is 4. The van der Waals surface area contributed by atoms with Gasteiger partial charge in [0.05, 0.1) is 16.7 Å². The summed E-state index contributed by atoms with van der Waals surface area (Å²) in [5, 5.41) is 23.5. The smallest absolute Gasteiger partial charge is 0.287 e. The van der Waals surface area contributed by atoms with Gasteiger partial charge in [-0.2, -0.15) is 0 Å². The highest BCUT2D eigenvalue weighted by atomic mass is 16.6. The summed E-state index contributed by atoms with van der Waals surface area (Å²) in [4.78, 5) is 24.4. The maximum atomic E-state index is 11.9. The van der Waals surface area contributed by atoms with Crippen molar-refractivity contribution in [2.45, 2.75) is 38.2 Å². The van der Waals surface area contributed by atoms with E-state index in [2.05, 4.69) is 17.2 Å². The summed E-state index contributed by atoms with van der Waals surface area (Å²) in [7, 11) is 0. The number of aromatic nitrogens is 1. The number of aromatic amines is 1. The average Bonchev–Trinajstić information content (AvgIpc) is 2.90. The normalized spacial score (nSPS) is 26.2. The quantitative estimate of drug-likeness (QED) is 0.575. The number of carbonyl (C=O) groups excluding carboxylic acids is 1. The van der Waals surface area contributed by atoms with E-state index in [1.807, 2.05) is 0 Å². The van der Waals surface area contributed by atoms with Crippen molar-refractivity contribution in [1.29, 1.82) is 0 Å². The first-order chi connectivity index (χ1) is 9.39. The van der Waals surface area contributed by atoms with Crippen LogP contribution in [0.5, 0.6) is 0 Å². The van der Waals surface area contributed by atoms with E-state index >= 15 is 0 Å². The molecule has 0 saturated heterocycles. The summed E-state index contributed by atoms with van der Waals surface area (Å²) in [5.74, 6) is 0.169. The van der Waals surface area contributed by atoms with Crippen LogP contribution in [0.1, 0.15) is 43.1 Å². The molecule has 0 radical (unpaired) electrons. The van der Waals surface area contributed by atoms with E-state index in [4.69, 9.17) is 0 Å². The molecule has 1 aliphatic rings. The van der Waals surface area contributed by atoms with Crippen LogP contribution in [0, 0.1) is 16.0 Å². The molecular formula is C13H19N3O4. The maximum absolute atomic E-state index is 11.9. The van der Waals surface area contributed by atoms with Gasteiger partial charge < -0.3 is 15.4 Å². The molecule has 0 aromatic carbocycles. The van der Waals surface area contributed by atoms with Gasteiger partial charge in [0.25, 0.3) is 11.6 Å². The number of hydrogen-bond donors (Lipinski definition) is 3. The molecule has 7 nitrogen and oxygen atoms in total. The molecule has 0 unspecified atom stereocenters. The lowest BCUT2D eigenvalue weighted by molar-refractivity contribution is -0.384. The van der Waals surface area contributed by atoms with Crippen molar-refractivity contribution in [3.63, 3.8) is 0 Å². The first-order valence-corrected chi connectivity index (χ1v) is 6.73. The summed E-state index contributed by atoms with van der Waals surface area (Å²) in [5.41, 5.74) is -0.884. The van der Waals surface area contributed by atoms with Crippen LogP contribution in [0.2, 0.25) is 0 Å². The van der Waals surface area contributed by atoms with E-state index in [1.165, 1.54) is 12.3 Å². The summed E-state index contributed by atoms with van der Waals surface area (Å²) in [6.07, 6.45) is 4.39. The molecule has 0 atom stereocenters. The molecule has 3 N–H and O–H groups in total. The molecule has 1 aromatic heterocycles. The monoisotopic (exact) mass is 281 g/mol. The minimum Gasteiger partial charge on any atom is -0.388 e. The Labute approximate surface area is 116 Å². The molecule has 2 rings (SSSR count). The van der Waals surface area contributed by atoms with Crippen LogP contribution in [0.4, 0.5) is 5.69 Å². The van der Waals surface area contributed by atoms with Crippen molar-refractivity contribution in [1.82, 2.24) is 10.3 Å². The second-order valence-electron chi connectivity index (χ2n) is 5.62. The SMILES string of the molecule is CC1CCC(O)(CNC(=O)c2cc([N+](=O)[O-])c[nH]2)CC1. The van der Waals surface area contributed by atoms with Gasteiger partial charge in [-0.25, -0.2) is 0 Å². The van der Waals surface area contributed by atoms with Crippen LogP contribution in [0.15, 0.2) is 12.3 Å². The Hall–Kier alpha value is -1.89. The van der Waals surface area contributed by atoms with Crippen LogP contribution in [0.3, 0.4) is 0 Å². The minimum absolute atomic E-state index is 0.129. The van der Waals surface area contributed by atoms with Crippen LogP contribution in [0.25, 0.3) is 0 Å². The fraction of sp³-hybridized carbons (Fsp3) is 0.615. The molecule has 1 saturated carbocycles. The van der Waals surface area contributed by atoms with E-state index in [0.717, 1.165) is 12.8 Å². The Morgan fingerprint density at radius 2 is 2.25 bits per heavy atom. The number of nitro groups is 1. The Morgan fingerprint density at radius 1 is 1.60 bits per heavy atom.